The number of hydrogen-bond donors (Lipinski definition) is 2. The van der Waals surface area contributed by atoms with Crippen molar-refractivity contribution in [2.45, 2.75) is 50.4 Å². The van der Waals surface area contributed by atoms with Crippen LogP contribution >= 0.6 is 0 Å². The molecule has 3 N–H and O–H groups in total. The zero-order chi connectivity index (χ0) is 13.1. The van der Waals surface area contributed by atoms with Crippen molar-refractivity contribution in [2.75, 3.05) is 19.6 Å². The Labute approximate surface area is 99.8 Å². The summed E-state index contributed by atoms with van der Waals surface area (Å²) >= 11 is 0. The van der Waals surface area contributed by atoms with Gasteiger partial charge in [-0.05, 0) is 45.7 Å². The summed E-state index contributed by atoms with van der Waals surface area (Å²) in [4.78, 5) is 1.98. The predicted octanol–water partition coefficient (Wildman–Crippen LogP) is 1.50. The van der Waals surface area contributed by atoms with Crippen molar-refractivity contribution in [1.82, 2.24) is 4.90 Å². The van der Waals surface area contributed by atoms with Gasteiger partial charge in [-0.15, -0.1) is 0 Å². The van der Waals surface area contributed by atoms with Crippen molar-refractivity contribution in [2.24, 2.45) is 5.73 Å². The van der Waals surface area contributed by atoms with E-state index in [1.165, 1.54) is 0 Å². The maximum Gasteiger partial charge on any atom is 0.417 e. The van der Waals surface area contributed by atoms with Gasteiger partial charge in [0.05, 0.1) is 0 Å². The minimum absolute atomic E-state index is 0.176. The molecule has 17 heavy (non-hydrogen) atoms. The molecule has 1 fully saturated rings. The third kappa shape index (κ3) is 3.56. The van der Waals surface area contributed by atoms with Gasteiger partial charge in [0.15, 0.2) is 5.60 Å². The monoisotopic (exact) mass is 254 g/mol. The van der Waals surface area contributed by atoms with Gasteiger partial charge in [-0.2, -0.15) is 13.2 Å². The minimum Gasteiger partial charge on any atom is -0.380 e. The van der Waals surface area contributed by atoms with Gasteiger partial charge in [0.25, 0.3) is 0 Å². The van der Waals surface area contributed by atoms with E-state index in [0.717, 1.165) is 6.42 Å². The smallest absolute Gasteiger partial charge is 0.380 e. The first kappa shape index (κ1) is 14.7. The average Bonchev–Trinajstić information content (AvgIpc) is 2.40. The van der Waals surface area contributed by atoms with Crippen molar-refractivity contribution < 1.29 is 18.3 Å². The van der Waals surface area contributed by atoms with E-state index in [9.17, 15) is 18.3 Å². The first-order valence-corrected chi connectivity index (χ1v) is 6.03. The highest BCUT2D eigenvalue weighted by molar-refractivity contribution is 4.90. The second-order valence-electron chi connectivity index (χ2n) is 4.85. The zero-order valence-electron chi connectivity index (χ0n) is 10.1. The Morgan fingerprint density at radius 3 is 2.53 bits per heavy atom. The Morgan fingerprint density at radius 2 is 2.00 bits per heavy atom. The summed E-state index contributed by atoms with van der Waals surface area (Å²) in [5.74, 6) is 0. The van der Waals surface area contributed by atoms with E-state index in [0.29, 0.717) is 19.5 Å². The molecule has 0 aromatic carbocycles. The van der Waals surface area contributed by atoms with Crippen LogP contribution in [0, 0.1) is 0 Å². The third-order valence-electron chi connectivity index (χ3n) is 3.58. The molecule has 6 heteroatoms. The predicted molar refractivity (Wildman–Crippen MR) is 59.6 cm³/mol. The van der Waals surface area contributed by atoms with Crippen molar-refractivity contribution in [3.8, 4) is 0 Å². The molecule has 2 atom stereocenters. The molecule has 1 saturated heterocycles. The molecule has 0 bridgehead atoms. The molecule has 0 aromatic heterocycles. The molecule has 1 rings (SSSR count). The van der Waals surface area contributed by atoms with E-state index in [1.807, 2.05) is 11.8 Å². The summed E-state index contributed by atoms with van der Waals surface area (Å²) in [7, 11) is 0. The summed E-state index contributed by atoms with van der Waals surface area (Å²) in [6.45, 7) is 3.36. The van der Waals surface area contributed by atoms with Gasteiger partial charge < -0.3 is 15.7 Å². The van der Waals surface area contributed by atoms with E-state index in [4.69, 9.17) is 5.73 Å². The van der Waals surface area contributed by atoms with Crippen LogP contribution in [0.3, 0.4) is 0 Å². The lowest BCUT2D eigenvalue weighted by Gasteiger charge is -2.30. The van der Waals surface area contributed by atoms with Crippen LogP contribution in [0.15, 0.2) is 0 Å². The SMILES string of the molecule is CC(CCN)N1CCCC(O)(C(F)(F)F)CC1. The van der Waals surface area contributed by atoms with Crippen molar-refractivity contribution in [3.05, 3.63) is 0 Å². The normalized spacial score (nSPS) is 30.0. The Kier molecular flexibility index (Phi) is 4.80. The molecule has 2 unspecified atom stereocenters. The highest BCUT2D eigenvalue weighted by Gasteiger charge is 2.53. The zero-order valence-corrected chi connectivity index (χ0v) is 10.1. The number of halogens is 3. The van der Waals surface area contributed by atoms with Crippen LogP contribution in [-0.2, 0) is 0 Å². The fraction of sp³-hybridized carbons (Fsp3) is 1.00. The van der Waals surface area contributed by atoms with E-state index < -0.39 is 11.8 Å². The van der Waals surface area contributed by atoms with Crippen molar-refractivity contribution in [3.63, 3.8) is 0 Å². The number of likely N-dealkylation sites (tertiary alicyclic amines) is 1. The molecule has 1 aliphatic heterocycles. The molecular formula is C11H21F3N2O. The molecule has 0 radical (unpaired) electrons. The first-order valence-electron chi connectivity index (χ1n) is 6.03. The Morgan fingerprint density at radius 1 is 1.35 bits per heavy atom. The number of nitrogens with zero attached hydrogens (tertiary/aromatic N) is 1. The maximum absolute atomic E-state index is 12.7. The van der Waals surface area contributed by atoms with E-state index in [-0.39, 0.29) is 25.4 Å². The number of hydrogen-bond acceptors (Lipinski definition) is 3. The van der Waals surface area contributed by atoms with Gasteiger partial charge in [0.2, 0.25) is 0 Å². The van der Waals surface area contributed by atoms with Crippen LogP contribution in [0.2, 0.25) is 0 Å². The van der Waals surface area contributed by atoms with E-state index >= 15 is 0 Å². The maximum atomic E-state index is 12.7. The van der Waals surface area contributed by atoms with Crippen LogP contribution in [0.4, 0.5) is 13.2 Å². The van der Waals surface area contributed by atoms with Gasteiger partial charge in [-0.3, -0.25) is 0 Å². The quantitative estimate of drug-likeness (QED) is 0.802. The fourth-order valence-electron chi connectivity index (χ4n) is 2.29. The third-order valence-corrected chi connectivity index (χ3v) is 3.58. The average molecular weight is 254 g/mol. The summed E-state index contributed by atoms with van der Waals surface area (Å²) in [5.41, 5.74) is 2.93. The molecule has 1 aliphatic rings. The second kappa shape index (κ2) is 5.54. The molecule has 0 amide bonds. The summed E-state index contributed by atoms with van der Waals surface area (Å²) in [5, 5.41) is 9.64. The van der Waals surface area contributed by atoms with Crippen LogP contribution in [-0.4, -0.2) is 47.5 Å². The van der Waals surface area contributed by atoms with Crippen molar-refractivity contribution >= 4 is 0 Å². The topological polar surface area (TPSA) is 49.5 Å². The van der Waals surface area contributed by atoms with Crippen molar-refractivity contribution in [1.29, 1.82) is 0 Å². The van der Waals surface area contributed by atoms with Crippen LogP contribution in [0.5, 0.6) is 0 Å². The fourth-order valence-corrected chi connectivity index (χ4v) is 2.29. The number of rotatable bonds is 3. The number of alkyl halides is 3. The minimum atomic E-state index is -4.53. The second-order valence-corrected chi connectivity index (χ2v) is 4.85. The van der Waals surface area contributed by atoms with E-state index in [1.54, 1.807) is 0 Å². The standard InChI is InChI=1S/C11H21F3N2O/c1-9(3-6-15)16-7-2-4-10(17,5-8-16)11(12,13)14/h9,17H,2-8,15H2,1H3. The highest BCUT2D eigenvalue weighted by Crippen LogP contribution is 2.38. The lowest BCUT2D eigenvalue weighted by molar-refractivity contribution is -0.263. The van der Waals surface area contributed by atoms with Gasteiger partial charge >= 0.3 is 6.18 Å². The van der Waals surface area contributed by atoms with Crippen LogP contribution in [0.1, 0.15) is 32.6 Å². The molecule has 1 heterocycles. The molecular weight excluding hydrogens is 233 g/mol. The molecule has 102 valence electrons. The van der Waals surface area contributed by atoms with Crippen LogP contribution < -0.4 is 5.73 Å². The van der Waals surface area contributed by atoms with Gasteiger partial charge in [-0.1, -0.05) is 0 Å². The molecule has 3 nitrogen and oxygen atoms in total. The number of nitrogens with two attached hydrogens (primary N) is 1. The summed E-state index contributed by atoms with van der Waals surface area (Å²) < 4.78 is 38.1. The Hall–Kier alpha value is -0.330. The first-order chi connectivity index (χ1) is 7.80. The highest BCUT2D eigenvalue weighted by atomic mass is 19.4. The van der Waals surface area contributed by atoms with Gasteiger partial charge in [0, 0.05) is 12.6 Å². The van der Waals surface area contributed by atoms with Gasteiger partial charge in [0.1, 0.15) is 0 Å². The molecule has 0 saturated carbocycles. The van der Waals surface area contributed by atoms with E-state index in [2.05, 4.69) is 0 Å². The summed E-state index contributed by atoms with van der Waals surface area (Å²) in [6.07, 6.45) is -3.84. The number of aliphatic hydroxyl groups is 1. The molecule has 0 spiro atoms. The molecule has 0 aliphatic carbocycles. The summed E-state index contributed by atoms with van der Waals surface area (Å²) in [6, 6.07) is 0.176. The lowest BCUT2D eigenvalue weighted by Crippen LogP contribution is -2.46. The van der Waals surface area contributed by atoms with Crippen LogP contribution in [0.25, 0.3) is 0 Å². The lowest BCUT2D eigenvalue weighted by atomic mass is 9.94. The Balaban J connectivity index is 2.61. The largest absolute Gasteiger partial charge is 0.417 e. The van der Waals surface area contributed by atoms with Gasteiger partial charge in [-0.25, -0.2) is 0 Å². The molecule has 0 aromatic rings. The Bertz CT molecular complexity index is 247.